The molecule has 2 rings (SSSR count). The van der Waals surface area contributed by atoms with Crippen LogP contribution in [0.25, 0.3) is 0 Å². The first-order valence-electron chi connectivity index (χ1n) is 9.74. The number of carbonyl (C=O) groups is 2. The van der Waals surface area contributed by atoms with Gasteiger partial charge in [0.2, 0.25) is 0 Å². The number of ether oxygens (including phenoxy) is 2. The Balaban J connectivity index is 2.41. The van der Waals surface area contributed by atoms with Gasteiger partial charge >= 0.3 is 5.97 Å². The summed E-state index contributed by atoms with van der Waals surface area (Å²) >= 11 is 1.75. The van der Waals surface area contributed by atoms with Gasteiger partial charge in [-0.3, -0.25) is 9.59 Å². The van der Waals surface area contributed by atoms with Crippen molar-refractivity contribution in [3.63, 3.8) is 0 Å². The molecule has 0 aliphatic carbocycles. The van der Waals surface area contributed by atoms with Crippen molar-refractivity contribution in [1.82, 2.24) is 5.32 Å². The van der Waals surface area contributed by atoms with E-state index in [2.05, 4.69) is 26.1 Å². The first-order valence-corrected chi connectivity index (χ1v) is 10.7. The molecule has 0 spiro atoms. The number of thioether (sulfide) groups is 1. The molecule has 1 amide bonds. The molecule has 0 aromatic heterocycles. The second-order valence-corrected chi connectivity index (χ2v) is 9.54. The van der Waals surface area contributed by atoms with E-state index in [9.17, 15) is 9.59 Å². The highest BCUT2D eigenvalue weighted by molar-refractivity contribution is 7.99. The summed E-state index contributed by atoms with van der Waals surface area (Å²) in [6, 6.07) is 10.4. The predicted octanol–water partition coefficient (Wildman–Crippen LogP) is 4.90. The SMILES string of the molecule is CCNC(=O)c1ccc(Oc2cc(CC(=O)O)ccc2OC)c(CSC(C)(C)C)c1. The summed E-state index contributed by atoms with van der Waals surface area (Å²) in [6.07, 6.45) is -0.108. The number of hydrogen-bond donors (Lipinski definition) is 2. The number of aliphatic carboxylic acids is 1. The molecule has 30 heavy (non-hydrogen) atoms. The van der Waals surface area contributed by atoms with Crippen LogP contribution in [0.15, 0.2) is 36.4 Å². The Labute approximate surface area is 182 Å². The third-order valence-corrected chi connectivity index (χ3v) is 5.45. The van der Waals surface area contributed by atoms with Gasteiger partial charge in [0.05, 0.1) is 13.5 Å². The molecule has 0 saturated carbocycles. The molecule has 0 radical (unpaired) electrons. The van der Waals surface area contributed by atoms with Crippen LogP contribution in [0.4, 0.5) is 0 Å². The van der Waals surface area contributed by atoms with Crippen molar-refractivity contribution >= 4 is 23.6 Å². The lowest BCUT2D eigenvalue weighted by atomic mass is 10.1. The van der Waals surface area contributed by atoms with Gasteiger partial charge in [-0.05, 0) is 42.8 Å². The number of methoxy groups -OCH3 is 1. The third kappa shape index (κ3) is 6.99. The summed E-state index contributed by atoms with van der Waals surface area (Å²) in [5.41, 5.74) is 2.06. The number of nitrogens with one attached hydrogen (secondary N) is 1. The van der Waals surface area contributed by atoms with Crippen molar-refractivity contribution in [1.29, 1.82) is 0 Å². The Morgan fingerprint density at radius 2 is 1.77 bits per heavy atom. The van der Waals surface area contributed by atoms with Crippen LogP contribution in [0.5, 0.6) is 17.2 Å². The van der Waals surface area contributed by atoms with Crippen molar-refractivity contribution in [2.75, 3.05) is 13.7 Å². The van der Waals surface area contributed by atoms with Gasteiger partial charge in [-0.15, -0.1) is 0 Å². The minimum Gasteiger partial charge on any atom is -0.493 e. The first-order chi connectivity index (χ1) is 14.1. The van der Waals surface area contributed by atoms with Gasteiger partial charge in [0.15, 0.2) is 11.5 Å². The molecular formula is C23H29NO5S. The average molecular weight is 432 g/mol. The Hall–Kier alpha value is -2.67. The molecule has 2 N–H and O–H groups in total. The van der Waals surface area contributed by atoms with Crippen LogP contribution in [-0.2, 0) is 17.0 Å². The summed E-state index contributed by atoms with van der Waals surface area (Å²) in [5.74, 6) is 1.15. The third-order valence-electron chi connectivity index (χ3n) is 4.12. The van der Waals surface area contributed by atoms with E-state index < -0.39 is 5.97 Å². The van der Waals surface area contributed by atoms with Crippen LogP contribution < -0.4 is 14.8 Å². The maximum Gasteiger partial charge on any atom is 0.307 e. The molecule has 0 aliphatic heterocycles. The smallest absolute Gasteiger partial charge is 0.307 e. The molecule has 0 bridgehead atoms. The molecule has 0 heterocycles. The number of rotatable bonds is 9. The number of carboxylic acid groups (broad SMARTS) is 1. The van der Waals surface area contributed by atoms with Gasteiger partial charge < -0.3 is 19.9 Å². The molecule has 7 heteroatoms. The molecule has 0 aliphatic rings. The Bertz CT molecular complexity index is 905. The molecule has 162 valence electrons. The highest BCUT2D eigenvalue weighted by Gasteiger charge is 2.17. The molecule has 2 aromatic carbocycles. The summed E-state index contributed by atoms with van der Waals surface area (Å²) in [7, 11) is 1.54. The van der Waals surface area contributed by atoms with Crippen LogP contribution in [-0.4, -0.2) is 35.4 Å². The van der Waals surface area contributed by atoms with Crippen LogP contribution in [0.3, 0.4) is 0 Å². The van der Waals surface area contributed by atoms with E-state index in [0.717, 1.165) is 5.56 Å². The average Bonchev–Trinajstić information content (AvgIpc) is 2.66. The van der Waals surface area contributed by atoms with Crippen molar-refractivity contribution in [2.45, 2.75) is 44.6 Å². The number of carbonyl (C=O) groups excluding carboxylic acids is 1. The van der Waals surface area contributed by atoms with E-state index in [1.54, 1.807) is 42.1 Å². The van der Waals surface area contributed by atoms with E-state index in [0.29, 0.717) is 40.7 Å². The fourth-order valence-corrected chi connectivity index (χ4v) is 3.51. The fraction of sp³-hybridized carbons (Fsp3) is 0.391. The molecule has 0 unspecified atom stereocenters. The first kappa shape index (κ1) is 23.6. The standard InChI is InChI=1S/C23H29NO5S/c1-6-24-22(27)16-8-10-18(17(13-16)14-30-23(2,3)4)29-20-11-15(12-21(25)26)7-9-19(20)28-5/h7-11,13H,6,12,14H2,1-5H3,(H,24,27)(H,25,26). The maximum atomic E-state index is 12.3. The maximum absolute atomic E-state index is 12.3. The van der Waals surface area contributed by atoms with Crippen molar-refractivity contribution in [3.8, 4) is 17.2 Å². The van der Waals surface area contributed by atoms with E-state index in [1.165, 1.54) is 7.11 Å². The van der Waals surface area contributed by atoms with Crippen molar-refractivity contribution in [2.24, 2.45) is 0 Å². The van der Waals surface area contributed by atoms with E-state index >= 15 is 0 Å². The highest BCUT2D eigenvalue weighted by atomic mass is 32.2. The molecule has 0 fully saturated rings. The van der Waals surface area contributed by atoms with E-state index in [1.807, 2.05) is 13.0 Å². The van der Waals surface area contributed by atoms with Gasteiger partial charge in [-0.25, -0.2) is 0 Å². The number of amides is 1. The molecule has 0 atom stereocenters. The van der Waals surface area contributed by atoms with Crippen LogP contribution in [0.1, 0.15) is 49.2 Å². The zero-order valence-electron chi connectivity index (χ0n) is 18.1. The second kappa shape index (κ2) is 10.4. The topological polar surface area (TPSA) is 84.9 Å². The summed E-state index contributed by atoms with van der Waals surface area (Å²) in [6.45, 7) is 8.82. The quantitative estimate of drug-likeness (QED) is 0.588. The van der Waals surface area contributed by atoms with Crippen LogP contribution in [0, 0.1) is 0 Å². The minimum absolute atomic E-state index is 0.0397. The zero-order chi connectivity index (χ0) is 22.3. The monoisotopic (exact) mass is 431 g/mol. The second-order valence-electron chi connectivity index (χ2n) is 7.74. The number of hydrogen-bond acceptors (Lipinski definition) is 5. The molecule has 0 saturated heterocycles. The van der Waals surface area contributed by atoms with Gasteiger partial charge in [-0.2, -0.15) is 11.8 Å². The molecular weight excluding hydrogens is 402 g/mol. The Morgan fingerprint density at radius 1 is 1.07 bits per heavy atom. The number of benzene rings is 2. The van der Waals surface area contributed by atoms with Gasteiger partial charge in [0, 0.05) is 28.2 Å². The number of carboxylic acids is 1. The van der Waals surface area contributed by atoms with Gasteiger partial charge in [-0.1, -0.05) is 26.8 Å². The lowest BCUT2D eigenvalue weighted by Gasteiger charge is -2.20. The lowest BCUT2D eigenvalue weighted by Crippen LogP contribution is -2.22. The Kier molecular flexibility index (Phi) is 8.17. The Morgan fingerprint density at radius 3 is 2.37 bits per heavy atom. The van der Waals surface area contributed by atoms with Gasteiger partial charge in [0.25, 0.3) is 5.91 Å². The summed E-state index contributed by atoms with van der Waals surface area (Å²) in [4.78, 5) is 23.3. The predicted molar refractivity (Wildman–Crippen MR) is 120 cm³/mol. The zero-order valence-corrected chi connectivity index (χ0v) is 18.9. The summed E-state index contributed by atoms with van der Waals surface area (Å²) < 4.78 is 11.6. The largest absolute Gasteiger partial charge is 0.493 e. The highest BCUT2D eigenvalue weighted by Crippen LogP contribution is 2.37. The minimum atomic E-state index is -0.917. The van der Waals surface area contributed by atoms with Crippen LogP contribution in [0.2, 0.25) is 0 Å². The van der Waals surface area contributed by atoms with Crippen molar-refractivity contribution < 1.29 is 24.2 Å². The van der Waals surface area contributed by atoms with E-state index in [-0.39, 0.29) is 17.1 Å². The lowest BCUT2D eigenvalue weighted by molar-refractivity contribution is -0.136. The van der Waals surface area contributed by atoms with Gasteiger partial charge in [0.1, 0.15) is 5.75 Å². The molecule has 6 nitrogen and oxygen atoms in total. The van der Waals surface area contributed by atoms with E-state index in [4.69, 9.17) is 14.6 Å². The normalized spacial score (nSPS) is 11.1. The fourth-order valence-electron chi connectivity index (χ4n) is 2.69. The summed E-state index contributed by atoms with van der Waals surface area (Å²) in [5, 5.41) is 11.9. The van der Waals surface area contributed by atoms with Crippen LogP contribution >= 0.6 is 11.8 Å². The molecule has 2 aromatic rings. The van der Waals surface area contributed by atoms with Crippen molar-refractivity contribution in [3.05, 3.63) is 53.1 Å².